The largest absolute Gasteiger partial charge is 0.336 e. The lowest BCUT2D eigenvalue weighted by atomic mass is 10.3. The average molecular weight is 430 g/mol. The van der Waals surface area contributed by atoms with E-state index in [4.69, 9.17) is 11.6 Å². The van der Waals surface area contributed by atoms with Gasteiger partial charge in [-0.25, -0.2) is 13.8 Å². The van der Waals surface area contributed by atoms with E-state index in [2.05, 4.69) is 5.32 Å². The normalized spacial score (nSPS) is 11.0. The maximum atomic E-state index is 14.3. The molecule has 9 heteroatoms. The van der Waals surface area contributed by atoms with Crippen LogP contribution in [-0.2, 0) is 11.3 Å². The fraction of sp³-hybridized carbons (Fsp3) is 0.0500. The first-order chi connectivity index (χ1) is 14.0. The van der Waals surface area contributed by atoms with Crippen LogP contribution in [0.15, 0.2) is 69.6 Å². The molecule has 2 heterocycles. The number of benzene rings is 2. The van der Waals surface area contributed by atoms with Gasteiger partial charge in [0.1, 0.15) is 17.1 Å². The van der Waals surface area contributed by atoms with Crippen molar-refractivity contribution in [1.29, 1.82) is 0 Å². The van der Waals surface area contributed by atoms with Gasteiger partial charge in [-0.1, -0.05) is 23.7 Å². The molecule has 0 unspecified atom stereocenters. The Morgan fingerprint density at radius 1 is 1.07 bits per heavy atom. The van der Waals surface area contributed by atoms with Crippen LogP contribution in [0, 0.1) is 5.82 Å². The number of aromatic nitrogens is 2. The molecule has 2 aromatic heterocycles. The number of hydrogen-bond donors (Lipinski definition) is 1. The van der Waals surface area contributed by atoms with E-state index in [1.54, 1.807) is 35.7 Å². The minimum atomic E-state index is -0.794. The third-order valence-electron chi connectivity index (χ3n) is 4.28. The summed E-state index contributed by atoms with van der Waals surface area (Å²) in [5, 5.41) is 4.84. The minimum absolute atomic E-state index is 0.162. The van der Waals surface area contributed by atoms with E-state index < -0.39 is 23.0 Å². The van der Waals surface area contributed by atoms with Gasteiger partial charge in [-0.05, 0) is 47.8 Å². The van der Waals surface area contributed by atoms with Crippen LogP contribution in [0.1, 0.15) is 0 Å². The van der Waals surface area contributed by atoms with Gasteiger partial charge >= 0.3 is 5.69 Å². The van der Waals surface area contributed by atoms with Gasteiger partial charge in [0.15, 0.2) is 0 Å². The number of carbonyl (C=O) groups excluding carboxylic acids is 1. The van der Waals surface area contributed by atoms with Crippen molar-refractivity contribution in [1.82, 2.24) is 9.13 Å². The molecule has 0 saturated heterocycles. The molecule has 0 aliphatic rings. The van der Waals surface area contributed by atoms with E-state index in [9.17, 15) is 18.8 Å². The lowest BCUT2D eigenvalue weighted by molar-refractivity contribution is -0.116. The number of rotatable bonds is 4. The quantitative estimate of drug-likeness (QED) is 0.538. The standard InChI is InChI=1S/C20H13ClFN3O3S/c21-12-5-7-13(8-6-12)23-17(26)11-24-16-9-10-29-18(16)19(27)25(20(24)28)15-4-2-1-3-14(15)22/h1-10H,11H2,(H,23,26). The molecule has 0 atom stereocenters. The number of nitrogens with zero attached hydrogens (tertiary/aromatic N) is 2. The van der Waals surface area contributed by atoms with E-state index >= 15 is 0 Å². The summed E-state index contributed by atoms with van der Waals surface area (Å²) in [7, 11) is 0. The van der Waals surface area contributed by atoms with Crippen LogP contribution >= 0.6 is 22.9 Å². The molecule has 29 heavy (non-hydrogen) atoms. The van der Waals surface area contributed by atoms with Gasteiger partial charge in [-0.15, -0.1) is 11.3 Å². The van der Waals surface area contributed by atoms with Gasteiger partial charge in [0.2, 0.25) is 5.91 Å². The van der Waals surface area contributed by atoms with Crippen molar-refractivity contribution in [3.8, 4) is 5.69 Å². The van der Waals surface area contributed by atoms with Gasteiger partial charge in [-0.2, -0.15) is 0 Å². The van der Waals surface area contributed by atoms with E-state index in [0.717, 1.165) is 26.5 Å². The van der Waals surface area contributed by atoms with Crippen LogP contribution in [-0.4, -0.2) is 15.0 Å². The lowest BCUT2D eigenvalue weighted by Crippen LogP contribution is -2.40. The molecule has 1 amide bonds. The van der Waals surface area contributed by atoms with Crippen molar-refractivity contribution in [2.45, 2.75) is 6.54 Å². The molecule has 0 bridgehead atoms. The second-order valence-electron chi connectivity index (χ2n) is 6.15. The Morgan fingerprint density at radius 3 is 2.52 bits per heavy atom. The Hall–Kier alpha value is -3.23. The zero-order valence-corrected chi connectivity index (χ0v) is 16.3. The Kier molecular flexibility index (Phi) is 5.04. The van der Waals surface area contributed by atoms with Crippen LogP contribution in [0.2, 0.25) is 5.02 Å². The Labute approximate surface area is 172 Å². The Balaban J connectivity index is 1.80. The third-order valence-corrected chi connectivity index (χ3v) is 5.42. The van der Waals surface area contributed by atoms with Gasteiger partial charge in [0.25, 0.3) is 5.56 Å². The summed E-state index contributed by atoms with van der Waals surface area (Å²) in [4.78, 5) is 38.4. The molecule has 1 N–H and O–H groups in total. The van der Waals surface area contributed by atoms with Crippen LogP contribution in [0.3, 0.4) is 0 Å². The summed E-state index contributed by atoms with van der Waals surface area (Å²) in [5.41, 5.74) is -0.748. The summed E-state index contributed by atoms with van der Waals surface area (Å²) in [6.07, 6.45) is 0. The second kappa shape index (κ2) is 7.65. The summed E-state index contributed by atoms with van der Waals surface area (Å²) in [6, 6.07) is 13.6. The van der Waals surface area contributed by atoms with Crippen molar-refractivity contribution >= 4 is 44.7 Å². The SMILES string of the molecule is O=C(Cn1c(=O)n(-c2ccccc2F)c(=O)c2sccc21)Nc1ccc(Cl)cc1. The van der Waals surface area contributed by atoms with E-state index in [0.29, 0.717) is 16.2 Å². The fourth-order valence-electron chi connectivity index (χ4n) is 2.96. The molecule has 0 aliphatic carbocycles. The highest BCUT2D eigenvalue weighted by atomic mass is 35.5. The van der Waals surface area contributed by atoms with E-state index in [1.807, 2.05) is 0 Å². The second-order valence-corrected chi connectivity index (χ2v) is 7.50. The molecule has 6 nitrogen and oxygen atoms in total. The molecule has 4 aromatic rings. The predicted molar refractivity (Wildman–Crippen MR) is 112 cm³/mol. The van der Waals surface area contributed by atoms with Gasteiger partial charge in [-0.3, -0.25) is 14.2 Å². The average Bonchev–Trinajstić information content (AvgIpc) is 3.19. The summed E-state index contributed by atoms with van der Waals surface area (Å²) in [5.74, 6) is -1.18. The Bertz CT molecular complexity index is 1340. The zero-order chi connectivity index (χ0) is 20.5. The van der Waals surface area contributed by atoms with Crippen molar-refractivity contribution in [3.05, 3.63) is 91.7 Å². The first kappa shape index (κ1) is 19.1. The number of carbonyl (C=O) groups is 1. The molecule has 0 aliphatic heterocycles. The van der Waals surface area contributed by atoms with Crippen molar-refractivity contribution < 1.29 is 9.18 Å². The number of halogens is 2. The number of hydrogen-bond acceptors (Lipinski definition) is 4. The third kappa shape index (κ3) is 3.59. The maximum absolute atomic E-state index is 14.3. The van der Waals surface area contributed by atoms with Gasteiger partial charge in [0, 0.05) is 10.7 Å². The first-order valence-corrected chi connectivity index (χ1v) is 9.75. The predicted octanol–water partition coefficient (Wildman–Crippen LogP) is 3.65. The number of nitrogens with one attached hydrogen (secondary N) is 1. The fourth-order valence-corrected chi connectivity index (χ4v) is 3.91. The molecule has 0 saturated carbocycles. The lowest BCUT2D eigenvalue weighted by Gasteiger charge is -2.13. The van der Waals surface area contributed by atoms with Crippen molar-refractivity contribution in [2.24, 2.45) is 0 Å². The molecule has 2 aromatic carbocycles. The topological polar surface area (TPSA) is 73.1 Å². The van der Waals surface area contributed by atoms with Crippen LogP contribution in [0.4, 0.5) is 10.1 Å². The molecule has 0 fully saturated rings. The smallest absolute Gasteiger partial charge is 0.325 e. The maximum Gasteiger partial charge on any atom is 0.336 e. The van der Waals surface area contributed by atoms with E-state index in [-0.39, 0.29) is 16.9 Å². The molecule has 146 valence electrons. The first-order valence-electron chi connectivity index (χ1n) is 8.49. The Morgan fingerprint density at radius 2 is 1.79 bits per heavy atom. The highest BCUT2D eigenvalue weighted by Gasteiger charge is 2.19. The zero-order valence-electron chi connectivity index (χ0n) is 14.8. The summed E-state index contributed by atoms with van der Waals surface area (Å²) < 4.78 is 16.4. The summed E-state index contributed by atoms with van der Waals surface area (Å²) in [6.45, 7) is -0.344. The van der Waals surface area contributed by atoms with E-state index in [1.165, 1.54) is 18.2 Å². The van der Waals surface area contributed by atoms with Crippen LogP contribution in [0.5, 0.6) is 0 Å². The van der Waals surface area contributed by atoms with Crippen LogP contribution in [0.25, 0.3) is 15.9 Å². The molecule has 4 rings (SSSR count). The van der Waals surface area contributed by atoms with Gasteiger partial charge < -0.3 is 5.32 Å². The number of para-hydroxylation sites is 1. The number of amides is 1. The molecular formula is C20H13ClFN3O3S. The van der Waals surface area contributed by atoms with Crippen LogP contribution < -0.4 is 16.6 Å². The minimum Gasteiger partial charge on any atom is -0.325 e. The molecule has 0 radical (unpaired) electrons. The number of anilines is 1. The number of fused-ring (bicyclic) bond motifs is 1. The molecule has 0 spiro atoms. The monoisotopic (exact) mass is 429 g/mol. The number of thiophene rings is 1. The van der Waals surface area contributed by atoms with Crippen molar-refractivity contribution in [2.75, 3.05) is 5.32 Å². The van der Waals surface area contributed by atoms with Gasteiger partial charge in [0.05, 0.1) is 11.2 Å². The molecular weight excluding hydrogens is 417 g/mol. The highest BCUT2D eigenvalue weighted by Crippen LogP contribution is 2.18. The van der Waals surface area contributed by atoms with Crippen molar-refractivity contribution in [3.63, 3.8) is 0 Å². The summed E-state index contributed by atoms with van der Waals surface area (Å²) >= 11 is 6.96. The highest BCUT2D eigenvalue weighted by molar-refractivity contribution is 7.17.